The molecule has 50 valence electrons. The number of nitrogens with one attached hydrogen (secondary N) is 1. The summed E-state index contributed by atoms with van der Waals surface area (Å²) in [5, 5.41) is 14.6. The highest BCUT2D eigenvalue weighted by atomic mass is 16.3. The van der Waals surface area contributed by atoms with Crippen LogP contribution in [0.4, 0.5) is 11.6 Å². The van der Waals surface area contributed by atoms with Gasteiger partial charge in [-0.2, -0.15) is 5.10 Å². The Kier molecular flexibility index (Phi) is 1.27. The number of aromatic nitrogens is 2. The average Bonchev–Trinajstić information content (AvgIpc) is 2.12. The molecule has 0 saturated carbocycles. The number of nitrogens with zero attached hydrogens (tertiary/aromatic N) is 1. The van der Waals surface area contributed by atoms with Crippen molar-refractivity contribution in [1.29, 1.82) is 0 Å². The van der Waals surface area contributed by atoms with E-state index in [1.54, 1.807) is 0 Å². The number of nitrogen functional groups attached to an aromatic ring is 2. The second-order valence-electron chi connectivity index (χ2n) is 1.66. The quantitative estimate of drug-likeness (QED) is 0.392. The molecule has 1 heterocycles. The van der Waals surface area contributed by atoms with Gasteiger partial charge in [0.1, 0.15) is 5.82 Å². The highest BCUT2D eigenvalue weighted by Crippen LogP contribution is 2.13. The van der Waals surface area contributed by atoms with Crippen LogP contribution in [0.1, 0.15) is 5.56 Å². The van der Waals surface area contributed by atoms with Crippen LogP contribution in [0.25, 0.3) is 0 Å². The van der Waals surface area contributed by atoms with E-state index in [2.05, 4.69) is 10.2 Å². The van der Waals surface area contributed by atoms with Crippen molar-refractivity contribution >= 4 is 11.6 Å². The molecule has 6 N–H and O–H groups in total. The summed E-state index contributed by atoms with van der Waals surface area (Å²) in [4.78, 5) is 0. The van der Waals surface area contributed by atoms with Crippen molar-refractivity contribution in [3.63, 3.8) is 0 Å². The number of H-pyrrole nitrogens is 1. The van der Waals surface area contributed by atoms with E-state index >= 15 is 0 Å². The minimum atomic E-state index is -0.172. The number of nitrogens with two attached hydrogens (primary N) is 2. The van der Waals surface area contributed by atoms with Crippen LogP contribution in [0.2, 0.25) is 0 Å². The highest BCUT2D eigenvalue weighted by molar-refractivity contribution is 5.52. The summed E-state index contributed by atoms with van der Waals surface area (Å²) in [6.07, 6.45) is 0. The van der Waals surface area contributed by atoms with Gasteiger partial charge in [0, 0.05) is 0 Å². The molecule has 0 atom stereocenters. The second-order valence-corrected chi connectivity index (χ2v) is 1.66. The number of aliphatic hydroxyl groups excluding tert-OH is 1. The van der Waals surface area contributed by atoms with Crippen LogP contribution in [0.5, 0.6) is 0 Å². The number of rotatable bonds is 1. The van der Waals surface area contributed by atoms with Crippen molar-refractivity contribution < 1.29 is 5.11 Å². The summed E-state index contributed by atoms with van der Waals surface area (Å²) < 4.78 is 0. The van der Waals surface area contributed by atoms with E-state index in [1.807, 2.05) is 0 Å². The summed E-state index contributed by atoms with van der Waals surface area (Å²) in [5.41, 5.74) is 11.0. The normalized spacial score (nSPS) is 9.89. The molecule has 0 unspecified atom stereocenters. The molecule has 9 heavy (non-hydrogen) atoms. The first kappa shape index (κ1) is 5.90. The van der Waals surface area contributed by atoms with E-state index in [9.17, 15) is 0 Å². The smallest absolute Gasteiger partial charge is 0.152 e. The monoisotopic (exact) mass is 128 g/mol. The van der Waals surface area contributed by atoms with E-state index in [0.29, 0.717) is 11.4 Å². The zero-order valence-electron chi connectivity index (χ0n) is 4.76. The lowest BCUT2D eigenvalue weighted by molar-refractivity contribution is 0.283. The molecule has 0 amide bonds. The third-order valence-corrected chi connectivity index (χ3v) is 1.09. The van der Waals surface area contributed by atoms with Gasteiger partial charge in [-0.05, 0) is 0 Å². The predicted molar refractivity (Wildman–Crippen MR) is 33.3 cm³/mol. The van der Waals surface area contributed by atoms with Crippen LogP contribution in [0, 0.1) is 0 Å². The molecule has 0 saturated heterocycles. The zero-order valence-corrected chi connectivity index (χ0v) is 4.76. The summed E-state index contributed by atoms with van der Waals surface area (Å²) in [6.45, 7) is -0.172. The number of hydrogen-bond donors (Lipinski definition) is 4. The lowest BCUT2D eigenvalue weighted by atomic mass is 10.3. The molecule has 1 aromatic rings. The standard InChI is InChI=1S/C4H8N4O/c5-3-2(1-9)4(6)8-7-3/h9H,1H2,(H5,5,6,7,8). The van der Waals surface area contributed by atoms with Crippen molar-refractivity contribution in [2.45, 2.75) is 6.61 Å². The largest absolute Gasteiger partial charge is 0.391 e. The van der Waals surface area contributed by atoms with Gasteiger partial charge in [0.2, 0.25) is 0 Å². The van der Waals surface area contributed by atoms with E-state index in [-0.39, 0.29) is 12.4 Å². The van der Waals surface area contributed by atoms with Crippen molar-refractivity contribution in [2.24, 2.45) is 0 Å². The lowest BCUT2D eigenvalue weighted by Crippen LogP contribution is -1.94. The van der Waals surface area contributed by atoms with Crippen molar-refractivity contribution in [3.05, 3.63) is 5.56 Å². The highest BCUT2D eigenvalue weighted by Gasteiger charge is 2.04. The fourth-order valence-corrected chi connectivity index (χ4v) is 0.560. The molecule has 5 heteroatoms. The molecule has 0 aromatic carbocycles. The van der Waals surface area contributed by atoms with Gasteiger partial charge in [0.15, 0.2) is 5.82 Å². The van der Waals surface area contributed by atoms with Gasteiger partial charge >= 0.3 is 0 Å². The second kappa shape index (κ2) is 1.94. The topological polar surface area (TPSA) is 101 Å². The van der Waals surface area contributed by atoms with Crippen LogP contribution in [0.3, 0.4) is 0 Å². The maximum atomic E-state index is 8.57. The summed E-state index contributed by atoms with van der Waals surface area (Å²) in [5.74, 6) is 0.588. The van der Waals surface area contributed by atoms with Gasteiger partial charge in [-0.3, -0.25) is 5.10 Å². The predicted octanol–water partition coefficient (Wildman–Crippen LogP) is -0.934. The van der Waals surface area contributed by atoms with E-state index in [4.69, 9.17) is 16.6 Å². The molecular weight excluding hydrogens is 120 g/mol. The van der Waals surface area contributed by atoms with Crippen molar-refractivity contribution in [1.82, 2.24) is 10.2 Å². The van der Waals surface area contributed by atoms with Crippen LogP contribution < -0.4 is 11.5 Å². The Morgan fingerprint density at radius 3 is 2.44 bits per heavy atom. The van der Waals surface area contributed by atoms with Crippen LogP contribution >= 0.6 is 0 Å². The molecule has 1 rings (SSSR count). The molecule has 0 bridgehead atoms. The first-order valence-corrected chi connectivity index (χ1v) is 2.44. The molecule has 0 aliphatic heterocycles. The maximum absolute atomic E-state index is 8.57. The number of aromatic amines is 1. The first-order valence-electron chi connectivity index (χ1n) is 2.44. The Labute approximate surface area is 51.7 Å². The Hall–Kier alpha value is -1.23. The molecule has 5 nitrogen and oxygen atoms in total. The fraction of sp³-hybridized carbons (Fsp3) is 0.250. The third kappa shape index (κ3) is 0.812. The molecule has 1 aromatic heterocycles. The fourth-order valence-electron chi connectivity index (χ4n) is 0.560. The maximum Gasteiger partial charge on any atom is 0.152 e. The zero-order chi connectivity index (χ0) is 6.85. The minimum Gasteiger partial charge on any atom is -0.391 e. The lowest BCUT2D eigenvalue weighted by Gasteiger charge is -1.90. The Morgan fingerprint density at radius 1 is 1.56 bits per heavy atom. The van der Waals surface area contributed by atoms with Crippen LogP contribution in [-0.4, -0.2) is 15.3 Å². The van der Waals surface area contributed by atoms with E-state index in [1.165, 1.54) is 0 Å². The molecular formula is C4H8N4O. The Bertz CT molecular complexity index is 187. The van der Waals surface area contributed by atoms with E-state index in [0.717, 1.165) is 0 Å². The summed E-state index contributed by atoms with van der Waals surface area (Å²) in [6, 6.07) is 0. The Balaban J connectivity index is 3.07. The summed E-state index contributed by atoms with van der Waals surface area (Å²) >= 11 is 0. The van der Waals surface area contributed by atoms with Gasteiger partial charge in [-0.15, -0.1) is 0 Å². The first-order chi connectivity index (χ1) is 4.25. The SMILES string of the molecule is Nc1n[nH]c(N)c1CO. The molecule has 0 aliphatic rings. The van der Waals surface area contributed by atoms with Gasteiger partial charge in [-0.1, -0.05) is 0 Å². The van der Waals surface area contributed by atoms with Gasteiger partial charge < -0.3 is 16.6 Å². The molecule has 0 aliphatic carbocycles. The summed E-state index contributed by atoms with van der Waals surface area (Å²) in [7, 11) is 0. The third-order valence-electron chi connectivity index (χ3n) is 1.09. The number of aliphatic hydroxyl groups is 1. The van der Waals surface area contributed by atoms with Gasteiger partial charge in [0.05, 0.1) is 12.2 Å². The molecule has 0 radical (unpaired) electrons. The van der Waals surface area contributed by atoms with E-state index < -0.39 is 0 Å². The number of hydrogen-bond acceptors (Lipinski definition) is 4. The van der Waals surface area contributed by atoms with Crippen molar-refractivity contribution in [2.75, 3.05) is 11.5 Å². The van der Waals surface area contributed by atoms with Gasteiger partial charge in [0.25, 0.3) is 0 Å². The van der Waals surface area contributed by atoms with Crippen LogP contribution in [0.15, 0.2) is 0 Å². The van der Waals surface area contributed by atoms with Crippen molar-refractivity contribution in [3.8, 4) is 0 Å². The Morgan fingerprint density at radius 2 is 2.22 bits per heavy atom. The molecule has 0 spiro atoms. The molecule has 0 fully saturated rings. The number of anilines is 2. The van der Waals surface area contributed by atoms with Crippen LogP contribution in [-0.2, 0) is 6.61 Å². The van der Waals surface area contributed by atoms with Gasteiger partial charge in [-0.25, -0.2) is 0 Å². The average molecular weight is 128 g/mol. The minimum absolute atomic E-state index is 0.172.